The molecule has 126 valence electrons. The van der Waals surface area contributed by atoms with Crippen molar-refractivity contribution in [2.24, 2.45) is 0 Å². The Kier molecular flexibility index (Phi) is 6.04. The predicted molar refractivity (Wildman–Crippen MR) is 100.0 cm³/mol. The standard InChI is InChI=1S/C10H10ClN3O.C5H4BrClN2/c1-5-9(6(2)15-14-5)7-3-8(12)10(11)13-4-7;6-3-1-4(8)5(7)9-2-3/h3-4H,12H2,1-2H3;1-2H,8H2. The van der Waals surface area contributed by atoms with Crippen molar-refractivity contribution in [2.75, 3.05) is 11.5 Å². The van der Waals surface area contributed by atoms with Crippen LogP contribution in [-0.4, -0.2) is 15.1 Å². The van der Waals surface area contributed by atoms with E-state index in [1.807, 2.05) is 13.8 Å². The Hall–Kier alpha value is -1.83. The first-order valence-corrected chi connectivity index (χ1v) is 8.25. The number of hydrogen-bond acceptors (Lipinski definition) is 6. The highest BCUT2D eigenvalue weighted by Crippen LogP contribution is 2.29. The van der Waals surface area contributed by atoms with Gasteiger partial charge >= 0.3 is 0 Å². The Morgan fingerprint density at radius 3 is 2.04 bits per heavy atom. The van der Waals surface area contributed by atoms with E-state index in [1.165, 1.54) is 0 Å². The minimum atomic E-state index is 0.311. The number of aryl methyl sites for hydroxylation is 2. The molecule has 3 aromatic heterocycles. The van der Waals surface area contributed by atoms with Crippen LogP contribution in [0, 0.1) is 13.8 Å². The fourth-order valence-corrected chi connectivity index (χ4v) is 2.49. The van der Waals surface area contributed by atoms with Crippen molar-refractivity contribution in [3.05, 3.63) is 50.8 Å². The van der Waals surface area contributed by atoms with Crippen LogP contribution in [0.4, 0.5) is 11.4 Å². The summed E-state index contributed by atoms with van der Waals surface area (Å²) < 4.78 is 5.91. The molecule has 3 rings (SSSR count). The lowest BCUT2D eigenvalue weighted by Crippen LogP contribution is -1.91. The lowest BCUT2D eigenvalue weighted by Gasteiger charge is -2.02. The lowest BCUT2D eigenvalue weighted by molar-refractivity contribution is 0.393. The number of anilines is 2. The van der Waals surface area contributed by atoms with Crippen LogP contribution in [0.15, 0.2) is 33.5 Å². The van der Waals surface area contributed by atoms with Gasteiger partial charge < -0.3 is 16.0 Å². The summed E-state index contributed by atoms with van der Waals surface area (Å²) in [6.45, 7) is 3.72. The highest BCUT2D eigenvalue weighted by molar-refractivity contribution is 9.10. The molecule has 9 heteroatoms. The maximum absolute atomic E-state index is 5.75. The Bertz CT molecular complexity index is 850. The third kappa shape index (κ3) is 4.37. The molecular weight excluding hydrogens is 417 g/mol. The zero-order chi connectivity index (χ0) is 17.9. The van der Waals surface area contributed by atoms with Gasteiger partial charge in [0.25, 0.3) is 0 Å². The van der Waals surface area contributed by atoms with Crippen molar-refractivity contribution in [3.63, 3.8) is 0 Å². The van der Waals surface area contributed by atoms with E-state index >= 15 is 0 Å². The Morgan fingerprint density at radius 2 is 1.58 bits per heavy atom. The number of nitrogen functional groups attached to an aromatic ring is 2. The van der Waals surface area contributed by atoms with Gasteiger partial charge in [-0.2, -0.15) is 0 Å². The van der Waals surface area contributed by atoms with Crippen molar-refractivity contribution >= 4 is 50.5 Å². The zero-order valence-corrected chi connectivity index (χ0v) is 15.9. The van der Waals surface area contributed by atoms with Gasteiger partial charge in [-0.15, -0.1) is 0 Å². The largest absolute Gasteiger partial charge is 0.396 e. The van der Waals surface area contributed by atoms with Crippen LogP contribution in [0.3, 0.4) is 0 Å². The molecular formula is C15H14BrCl2N5O. The molecule has 0 aliphatic carbocycles. The molecule has 24 heavy (non-hydrogen) atoms. The van der Waals surface area contributed by atoms with Crippen molar-refractivity contribution in [1.82, 2.24) is 15.1 Å². The van der Waals surface area contributed by atoms with Gasteiger partial charge in [-0.25, -0.2) is 9.97 Å². The normalized spacial score (nSPS) is 10.2. The first-order chi connectivity index (χ1) is 11.3. The molecule has 0 amide bonds. The van der Waals surface area contributed by atoms with Gasteiger partial charge in [0.05, 0.1) is 17.1 Å². The summed E-state index contributed by atoms with van der Waals surface area (Å²) >= 11 is 14.5. The zero-order valence-electron chi connectivity index (χ0n) is 12.8. The average molecular weight is 431 g/mol. The summed E-state index contributed by atoms with van der Waals surface area (Å²) in [6.07, 6.45) is 3.25. The molecule has 3 heterocycles. The molecule has 0 saturated carbocycles. The van der Waals surface area contributed by atoms with E-state index in [4.69, 9.17) is 39.2 Å². The summed E-state index contributed by atoms with van der Waals surface area (Å²) in [5.41, 5.74) is 14.6. The van der Waals surface area contributed by atoms with Crippen LogP contribution in [0.1, 0.15) is 11.5 Å². The highest BCUT2D eigenvalue weighted by Gasteiger charge is 2.12. The van der Waals surface area contributed by atoms with E-state index in [-0.39, 0.29) is 0 Å². The topological polar surface area (TPSA) is 104 Å². The lowest BCUT2D eigenvalue weighted by atomic mass is 10.1. The monoisotopic (exact) mass is 429 g/mol. The molecule has 4 N–H and O–H groups in total. The molecule has 0 saturated heterocycles. The summed E-state index contributed by atoms with van der Waals surface area (Å²) in [6, 6.07) is 3.47. The molecule has 0 spiro atoms. The maximum Gasteiger partial charge on any atom is 0.151 e. The second-order valence-corrected chi connectivity index (χ2v) is 6.47. The molecule has 0 unspecified atom stereocenters. The van der Waals surface area contributed by atoms with Gasteiger partial charge in [-0.05, 0) is 41.9 Å². The quantitative estimate of drug-likeness (QED) is 0.543. The smallest absolute Gasteiger partial charge is 0.151 e. The van der Waals surface area contributed by atoms with Gasteiger partial charge in [0, 0.05) is 28.0 Å². The van der Waals surface area contributed by atoms with Gasteiger partial charge in [-0.1, -0.05) is 28.4 Å². The Balaban J connectivity index is 0.000000198. The molecule has 6 nitrogen and oxygen atoms in total. The van der Waals surface area contributed by atoms with Crippen LogP contribution >= 0.6 is 39.1 Å². The summed E-state index contributed by atoms with van der Waals surface area (Å²) in [5, 5.41) is 4.52. The van der Waals surface area contributed by atoms with Crippen LogP contribution in [0.5, 0.6) is 0 Å². The first kappa shape index (κ1) is 18.5. The van der Waals surface area contributed by atoms with Crippen LogP contribution < -0.4 is 11.5 Å². The minimum Gasteiger partial charge on any atom is -0.396 e. The molecule has 0 atom stereocenters. The fraction of sp³-hybridized carbons (Fsp3) is 0.133. The Morgan fingerprint density at radius 1 is 1.00 bits per heavy atom. The molecule has 3 aromatic rings. The maximum atomic E-state index is 5.75. The van der Waals surface area contributed by atoms with Crippen LogP contribution in [0.2, 0.25) is 10.3 Å². The summed E-state index contributed by atoms with van der Waals surface area (Å²) in [4.78, 5) is 7.76. The van der Waals surface area contributed by atoms with Gasteiger partial charge in [0.1, 0.15) is 5.76 Å². The van der Waals surface area contributed by atoms with Crippen LogP contribution in [0.25, 0.3) is 11.1 Å². The molecule has 0 aliphatic heterocycles. The van der Waals surface area contributed by atoms with Gasteiger partial charge in [0.2, 0.25) is 0 Å². The summed E-state index contributed by atoms with van der Waals surface area (Å²) in [5.74, 6) is 0.746. The third-order valence-corrected chi connectivity index (χ3v) is 4.09. The summed E-state index contributed by atoms with van der Waals surface area (Å²) in [7, 11) is 0. The van der Waals surface area contributed by atoms with E-state index in [0.717, 1.165) is 27.1 Å². The van der Waals surface area contributed by atoms with Crippen molar-refractivity contribution in [1.29, 1.82) is 0 Å². The molecule has 0 radical (unpaired) electrons. The highest BCUT2D eigenvalue weighted by atomic mass is 79.9. The van der Waals surface area contributed by atoms with Gasteiger partial charge in [-0.3, -0.25) is 0 Å². The fourth-order valence-electron chi connectivity index (χ4n) is 1.94. The second-order valence-electron chi connectivity index (χ2n) is 4.84. The molecule has 0 bridgehead atoms. The Labute approximate surface area is 157 Å². The second kappa shape index (κ2) is 7.83. The SMILES string of the molecule is Cc1noc(C)c1-c1cnc(Cl)c(N)c1.Nc1cc(Br)cnc1Cl. The van der Waals surface area contributed by atoms with E-state index < -0.39 is 0 Å². The van der Waals surface area contributed by atoms with E-state index in [0.29, 0.717) is 21.7 Å². The number of rotatable bonds is 1. The van der Waals surface area contributed by atoms with Gasteiger partial charge in [0.15, 0.2) is 10.3 Å². The third-order valence-electron chi connectivity index (χ3n) is 3.02. The van der Waals surface area contributed by atoms with E-state index in [2.05, 4.69) is 31.1 Å². The van der Waals surface area contributed by atoms with Crippen LogP contribution in [-0.2, 0) is 0 Å². The molecule has 0 aromatic carbocycles. The first-order valence-electron chi connectivity index (χ1n) is 6.70. The number of hydrogen-bond donors (Lipinski definition) is 2. The van der Waals surface area contributed by atoms with E-state index in [1.54, 1.807) is 24.5 Å². The number of halogens is 3. The minimum absolute atomic E-state index is 0.311. The number of pyridine rings is 2. The number of aromatic nitrogens is 3. The van der Waals surface area contributed by atoms with Crippen molar-refractivity contribution < 1.29 is 4.52 Å². The average Bonchev–Trinajstić information content (AvgIpc) is 2.86. The van der Waals surface area contributed by atoms with E-state index in [9.17, 15) is 0 Å². The predicted octanol–water partition coefficient (Wildman–Crippen LogP) is 4.67. The molecule has 0 aliphatic rings. The van der Waals surface area contributed by atoms with Crippen molar-refractivity contribution in [2.45, 2.75) is 13.8 Å². The number of nitrogens with two attached hydrogens (primary N) is 2. The number of nitrogens with zero attached hydrogens (tertiary/aromatic N) is 3. The molecule has 0 fully saturated rings. The van der Waals surface area contributed by atoms with Crippen molar-refractivity contribution in [3.8, 4) is 11.1 Å².